The molecule has 0 aromatic heterocycles. The van der Waals surface area contributed by atoms with Crippen molar-refractivity contribution in [3.8, 4) is 0 Å². The number of amides is 2. The van der Waals surface area contributed by atoms with Crippen LogP contribution in [0.1, 0.15) is 18.1 Å². The highest BCUT2D eigenvalue weighted by molar-refractivity contribution is 8.15. The van der Waals surface area contributed by atoms with Gasteiger partial charge < -0.3 is 16.2 Å². The van der Waals surface area contributed by atoms with E-state index in [4.69, 9.17) is 5.73 Å². The number of aryl methyl sites for hydroxylation is 1. The lowest BCUT2D eigenvalue weighted by Gasteiger charge is -2.25. The fourth-order valence-corrected chi connectivity index (χ4v) is 3.41. The number of rotatable bonds is 2. The van der Waals surface area contributed by atoms with Gasteiger partial charge in [0.05, 0.1) is 0 Å². The maximum absolute atomic E-state index is 12.2. The van der Waals surface area contributed by atoms with Gasteiger partial charge in [-0.15, -0.1) is 0 Å². The van der Waals surface area contributed by atoms with Crippen molar-refractivity contribution in [2.45, 2.75) is 24.2 Å². The summed E-state index contributed by atoms with van der Waals surface area (Å²) in [5.41, 5.74) is 5.50. The molecule has 6 nitrogen and oxygen atoms in total. The van der Waals surface area contributed by atoms with Gasteiger partial charge in [-0.3, -0.25) is 9.59 Å². The van der Waals surface area contributed by atoms with Crippen LogP contribution in [0, 0.1) is 0 Å². The van der Waals surface area contributed by atoms with Crippen molar-refractivity contribution < 1.29 is 14.7 Å². The molecule has 2 amide bonds. The van der Waals surface area contributed by atoms with Crippen molar-refractivity contribution in [3.63, 3.8) is 0 Å². The fraction of sp³-hybridized carbons (Fsp3) is 0.308. The molecule has 7 heteroatoms. The van der Waals surface area contributed by atoms with Gasteiger partial charge in [0.25, 0.3) is 11.8 Å². The fourth-order valence-electron chi connectivity index (χ4n) is 2.46. The molecule has 0 bridgehead atoms. The predicted octanol–water partition coefficient (Wildman–Crippen LogP) is 0.345. The Morgan fingerprint density at radius 1 is 1.50 bits per heavy atom. The number of nitrogens with zero attached hydrogens (tertiary/aromatic N) is 1. The molecule has 2 atom stereocenters. The molecule has 2 aliphatic rings. The molecule has 2 aliphatic heterocycles. The highest BCUT2D eigenvalue weighted by Gasteiger charge is 2.56. The highest BCUT2D eigenvalue weighted by Crippen LogP contribution is 2.45. The molecule has 0 radical (unpaired) electrons. The van der Waals surface area contributed by atoms with Gasteiger partial charge in [-0.1, -0.05) is 30.8 Å². The highest BCUT2D eigenvalue weighted by atomic mass is 32.2. The maximum atomic E-state index is 12.2. The number of amidine groups is 1. The van der Waals surface area contributed by atoms with Crippen LogP contribution in [-0.4, -0.2) is 27.3 Å². The second-order valence-electron chi connectivity index (χ2n) is 4.74. The van der Waals surface area contributed by atoms with Crippen LogP contribution in [0.4, 0.5) is 5.69 Å². The summed E-state index contributed by atoms with van der Waals surface area (Å²) in [5.74, 6) is -1.20. The first-order valence-corrected chi connectivity index (χ1v) is 7.06. The number of anilines is 1. The molecule has 104 valence electrons. The number of hydrogen-bond donors (Lipinski definition) is 3. The zero-order chi connectivity index (χ0) is 14.5. The number of benzene rings is 1. The van der Waals surface area contributed by atoms with Gasteiger partial charge >= 0.3 is 0 Å². The van der Waals surface area contributed by atoms with Crippen LogP contribution < -0.4 is 11.1 Å². The smallest absolute Gasteiger partial charge is 0.265 e. The molecular weight excluding hydrogens is 278 g/mol. The van der Waals surface area contributed by atoms with E-state index in [1.165, 1.54) is 0 Å². The van der Waals surface area contributed by atoms with Gasteiger partial charge in [-0.25, -0.2) is 0 Å². The first-order valence-electron chi connectivity index (χ1n) is 6.18. The van der Waals surface area contributed by atoms with Crippen molar-refractivity contribution >= 4 is 34.4 Å². The molecule has 0 saturated heterocycles. The average Bonchev–Trinajstić information content (AvgIpc) is 2.88. The van der Waals surface area contributed by atoms with E-state index in [0.717, 1.165) is 23.7 Å². The SMILES string of the molecule is CCc1ccc2c(c1)C(O)(C1SC(N)=NC1=O)C(=O)N2. The molecule has 1 aromatic rings. The summed E-state index contributed by atoms with van der Waals surface area (Å²) < 4.78 is 0. The van der Waals surface area contributed by atoms with Gasteiger partial charge in [-0.2, -0.15) is 4.99 Å². The number of nitrogens with one attached hydrogen (secondary N) is 1. The first kappa shape index (κ1) is 13.1. The Kier molecular flexibility index (Phi) is 2.84. The van der Waals surface area contributed by atoms with Gasteiger partial charge in [0, 0.05) is 11.3 Å². The molecule has 4 N–H and O–H groups in total. The van der Waals surface area contributed by atoms with Gasteiger partial charge in [0.2, 0.25) is 0 Å². The number of carbonyl (C=O) groups excluding carboxylic acids is 2. The summed E-state index contributed by atoms with van der Waals surface area (Å²) in [5, 5.41) is 12.5. The number of aliphatic imine (C=N–C) groups is 1. The second kappa shape index (κ2) is 4.32. The Labute approximate surface area is 119 Å². The minimum atomic E-state index is -1.92. The Morgan fingerprint density at radius 2 is 2.25 bits per heavy atom. The third-order valence-corrected chi connectivity index (χ3v) is 4.67. The van der Waals surface area contributed by atoms with Crippen molar-refractivity contribution in [2.24, 2.45) is 10.7 Å². The van der Waals surface area contributed by atoms with Crippen molar-refractivity contribution in [2.75, 3.05) is 5.32 Å². The van der Waals surface area contributed by atoms with E-state index in [2.05, 4.69) is 10.3 Å². The number of hydrogen-bond acceptors (Lipinski definition) is 5. The van der Waals surface area contributed by atoms with Crippen LogP contribution in [0.15, 0.2) is 23.2 Å². The van der Waals surface area contributed by atoms with E-state index in [1.54, 1.807) is 12.1 Å². The van der Waals surface area contributed by atoms with E-state index in [9.17, 15) is 14.7 Å². The van der Waals surface area contributed by atoms with E-state index < -0.39 is 22.7 Å². The zero-order valence-corrected chi connectivity index (χ0v) is 11.5. The molecule has 2 unspecified atom stereocenters. The lowest BCUT2D eigenvalue weighted by atomic mass is 9.89. The average molecular weight is 291 g/mol. The van der Waals surface area contributed by atoms with Crippen molar-refractivity contribution in [1.82, 2.24) is 0 Å². The minimum absolute atomic E-state index is 0.0707. The number of nitrogens with two attached hydrogens (primary N) is 1. The first-order chi connectivity index (χ1) is 9.46. The number of fused-ring (bicyclic) bond motifs is 1. The van der Waals surface area contributed by atoms with Crippen LogP contribution in [0.3, 0.4) is 0 Å². The van der Waals surface area contributed by atoms with E-state index in [1.807, 2.05) is 13.0 Å². The second-order valence-corrected chi connectivity index (χ2v) is 5.87. The van der Waals surface area contributed by atoms with Gasteiger partial charge in [-0.05, 0) is 18.1 Å². The lowest BCUT2D eigenvalue weighted by Crippen LogP contribution is -2.46. The summed E-state index contributed by atoms with van der Waals surface area (Å²) in [6, 6.07) is 5.35. The topological polar surface area (TPSA) is 105 Å². The van der Waals surface area contributed by atoms with Crippen molar-refractivity contribution in [1.29, 1.82) is 0 Å². The summed E-state index contributed by atoms with van der Waals surface area (Å²) in [6.45, 7) is 1.97. The molecule has 3 rings (SSSR count). The quantitative estimate of drug-likeness (QED) is 0.729. The van der Waals surface area contributed by atoms with Crippen LogP contribution >= 0.6 is 11.8 Å². The van der Waals surface area contributed by atoms with Crippen LogP contribution in [0.5, 0.6) is 0 Å². The summed E-state index contributed by atoms with van der Waals surface area (Å²) in [7, 11) is 0. The van der Waals surface area contributed by atoms with E-state index in [0.29, 0.717) is 11.3 Å². The molecule has 20 heavy (non-hydrogen) atoms. The van der Waals surface area contributed by atoms with Gasteiger partial charge in [0.1, 0.15) is 5.25 Å². The third-order valence-electron chi connectivity index (χ3n) is 3.56. The van der Waals surface area contributed by atoms with Gasteiger partial charge in [0.15, 0.2) is 10.8 Å². The normalized spacial score (nSPS) is 28.3. The predicted molar refractivity (Wildman–Crippen MR) is 76.4 cm³/mol. The van der Waals surface area contributed by atoms with Crippen LogP contribution in [0.2, 0.25) is 0 Å². The van der Waals surface area contributed by atoms with Crippen molar-refractivity contribution in [3.05, 3.63) is 29.3 Å². The standard InChI is InChI=1S/C13H13N3O3S/c1-2-6-3-4-8-7(5-6)13(19,11(18)15-8)9-10(17)16-12(14)20-9/h3-5,9,19H,2H2,1H3,(H,15,18)(H2,14,16,17). The zero-order valence-electron chi connectivity index (χ0n) is 10.7. The van der Waals surface area contributed by atoms with Crippen LogP contribution in [0.25, 0.3) is 0 Å². The Bertz CT molecular complexity index is 658. The lowest BCUT2D eigenvalue weighted by molar-refractivity contribution is -0.138. The van der Waals surface area contributed by atoms with E-state index in [-0.39, 0.29) is 5.17 Å². The summed E-state index contributed by atoms with van der Waals surface area (Å²) in [4.78, 5) is 27.6. The summed E-state index contributed by atoms with van der Waals surface area (Å²) >= 11 is 0.918. The molecule has 1 aromatic carbocycles. The molecule has 0 saturated carbocycles. The number of aliphatic hydroxyl groups is 1. The Morgan fingerprint density at radius 3 is 2.85 bits per heavy atom. The molecule has 0 fully saturated rings. The Hall–Kier alpha value is -1.86. The number of carbonyl (C=O) groups is 2. The Balaban J connectivity index is 2.11. The largest absolute Gasteiger partial charge is 0.378 e. The maximum Gasteiger partial charge on any atom is 0.265 e. The third kappa shape index (κ3) is 1.66. The monoisotopic (exact) mass is 291 g/mol. The molecule has 2 heterocycles. The minimum Gasteiger partial charge on any atom is -0.378 e. The van der Waals surface area contributed by atoms with E-state index >= 15 is 0 Å². The van der Waals surface area contributed by atoms with Crippen LogP contribution in [-0.2, 0) is 21.6 Å². The summed E-state index contributed by atoms with van der Waals surface area (Å²) in [6.07, 6.45) is 0.766. The number of thioether (sulfide) groups is 1. The molecule has 0 spiro atoms. The molecular formula is C13H13N3O3S. The molecule has 0 aliphatic carbocycles.